The van der Waals surface area contributed by atoms with E-state index in [0.29, 0.717) is 0 Å². The van der Waals surface area contributed by atoms with Crippen molar-refractivity contribution in [2.45, 2.75) is 32.6 Å². The molecule has 1 aromatic carbocycles. The highest BCUT2D eigenvalue weighted by Crippen LogP contribution is 2.15. The van der Waals surface area contributed by atoms with Gasteiger partial charge in [-0.25, -0.2) is 0 Å². The molecule has 0 radical (unpaired) electrons. The molecular formula is C19H31Br2NO2. The lowest BCUT2D eigenvalue weighted by molar-refractivity contribution is 0.126. The molecule has 0 spiro atoms. The molecule has 0 fully saturated rings. The smallest absolute Gasteiger partial charge is 0.0641 e. The zero-order valence-corrected chi connectivity index (χ0v) is 18.0. The summed E-state index contributed by atoms with van der Waals surface area (Å²) >= 11 is 6.90. The second-order valence-corrected chi connectivity index (χ2v) is 7.43. The van der Waals surface area contributed by atoms with Gasteiger partial charge in [0.25, 0.3) is 0 Å². The van der Waals surface area contributed by atoms with E-state index in [1.165, 1.54) is 24.1 Å². The van der Waals surface area contributed by atoms with Gasteiger partial charge in [0.15, 0.2) is 0 Å². The fraction of sp³-hybridized carbons (Fsp3) is 0.684. The Morgan fingerprint density at radius 2 is 1.42 bits per heavy atom. The van der Waals surface area contributed by atoms with Gasteiger partial charge in [0.05, 0.1) is 13.2 Å². The van der Waals surface area contributed by atoms with Crippen molar-refractivity contribution in [3.63, 3.8) is 0 Å². The van der Waals surface area contributed by atoms with Crippen molar-refractivity contribution in [1.29, 1.82) is 0 Å². The van der Waals surface area contributed by atoms with Gasteiger partial charge < -0.3 is 14.4 Å². The average molecular weight is 465 g/mol. The van der Waals surface area contributed by atoms with E-state index in [2.05, 4.69) is 67.9 Å². The molecule has 0 saturated carbocycles. The third-order valence-electron chi connectivity index (χ3n) is 3.72. The molecule has 24 heavy (non-hydrogen) atoms. The summed E-state index contributed by atoms with van der Waals surface area (Å²) in [5.74, 6) is 0. The lowest BCUT2D eigenvalue weighted by Gasteiger charge is -2.25. The van der Waals surface area contributed by atoms with Crippen LogP contribution in [0.3, 0.4) is 0 Å². The summed E-state index contributed by atoms with van der Waals surface area (Å²) in [5, 5.41) is 2.11. The van der Waals surface area contributed by atoms with Crippen LogP contribution in [0.2, 0.25) is 0 Å². The second kappa shape index (κ2) is 15.2. The third-order valence-corrected chi connectivity index (χ3v) is 4.84. The largest absolute Gasteiger partial charge is 0.380 e. The van der Waals surface area contributed by atoms with Gasteiger partial charge >= 0.3 is 0 Å². The molecule has 0 saturated heterocycles. The van der Waals surface area contributed by atoms with Crippen molar-refractivity contribution in [1.82, 2.24) is 0 Å². The number of hydrogen-bond acceptors (Lipinski definition) is 3. The summed E-state index contributed by atoms with van der Waals surface area (Å²) in [6.07, 6.45) is 4.58. The molecule has 0 aromatic heterocycles. The maximum absolute atomic E-state index is 5.77. The SMILES string of the molecule is Cc1cccc(N(CCOCCCCBr)CCOCCCCBr)c1. The fourth-order valence-corrected chi connectivity index (χ4v) is 3.14. The van der Waals surface area contributed by atoms with Crippen LogP contribution in [0.1, 0.15) is 31.2 Å². The molecule has 0 bridgehead atoms. The number of ether oxygens (including phenoxy) is 2. The van der Waals surface area contributed by atoms with Crippen LogP contribution in [0.4, 0.5) is 5.69 Å². The normalized spacial score (nSPS) is 11.0. The minimum absolute atomic E-state index is 0.764. The predicted octanol–water partition coefficient (Wildman–Crippen LogP) is 5.18. The highest BCUT2D eigenvalue weighted by Gasteiger charge is 2.07. The molecule has 3 nitrogen and oxygen atoms in total. The molecule has 138 valence electrons. The molecule has 0 amide bonds. The number of benzene rings is 1. The summed E-state index contributed by atoms with van der Waals surface area (Å²) in [7, 11) is 0. The summed E-state index contributed by atoms with van der Waals surface area (Å²) in [4.78, 5) is 2.36. The minimum Gasteiger partial charge on any atom is -0.380 e. The van der Waals surface area contributed by atoms with Crippen LogP contribution in [-0.2, 0) is 9.47 Å². The van der Waals surface area contributed by atoms with E-state index in [1.54, 1.807) is 0 Å². The van der Waals surface area contributed by atoms with Crippen molar-refractivity contribution in [3.05, 3.63) is 29.8 Å². The van der Waals surface area contributed by atoms with Crippen LogP contribution in [0.25, 0.3) is 0 Å². The lowest BCUT2D eigenvalue weighted by Crippen LogP contribution is -2.31. The van der Waals surface area contributed by atoms with Crippen molar-refractivity contribution in [2.75, 3.05) is 55.1 Å². The predicted molar refractivity (Wildman–Crippen MR) is 111 cm³/mol. The molecule has 0 aliphatic rings. The van der Waals surface area contributed by atoms with Crippen LogP contribution in [0.15, 0.2) is 24.3 Å². The van der Waals surface area contributed by atoms with Crippen LogP contribution in [0, 0.1) is 6.92 Å². The first kappa shape index (κ1) is 21.9. The molecule has 0 N–H and O–H groups in total. The number of nitrogens with zero attached hydrogens (tertiary/aromatic N) is 1. The highest BCUT2D eigenvalue weighted by molar-refractivity contribution is 9.09. The Bertz CT molecular complexity index is 402. The molecule has 0 heterocycles. The second-order valence-electron chi connectivity index (χ2n) is 5.84. The molecule has 0 atom stereocenters. The van der Waals surface area contributed by atoms with Gasteiger partial charge in [-0.1, -0.05) is 44.0 Å². The van der Waals surface area contributed by atoms with Gasteiger partial charge in [-0.3, -0.25) is 0 Å². The number of unbranched alkanes of at least 4 members (excludes halogenated alkanes) is 2. The standard InChI is InChI=1S/C19H31Br2NO2/c1-18-7-6-8-19(17-18)22(11-15-23-13-4-2-9-20)12-16-24-14-5-3-10-21/h6-8,17H,2-5,9-16H2,1H3. The van der Waals surface area contributed by atoms with E-state index in [-0.39, 0.29) is 0 Å². The van der Waals surface area contributed by atoms with Gasteiger partial charge in [-0.05, 0) is 50.3 Å². The average Bonchev–Trinajstić information content (AvgIpc) is 2.59. The molecular weight excluding hydrogens is 434 g/mol. The summed E-state index contributed by atoms with van der Waals surface area (Å²) in [5.41, 5.74) is 2.54. The van der Waals surface area contributed by atoms with Gasteiger partial charge in [0.1, 0.15) is 0 Å². The monoisotopic (exact) mass is 463 g/mol. The quantitative estimate of drug-likeness (QED) is 0.263. The third kappa shape index (κ3) is 10.7. The van der Waals surface area contributed by atoms with E-state index in [1.807, 2.05) is 0 Å². The topological polar surface area (TPSA) is 21.7 Å². The summed E-state index contributed by atoms with van der Waals surface area (Å²) < 4.78 is 11.5. The Kier molecular flexibility index (Phi) is 13.9. The minimum atomic E-state index is 0.764. The number of anilines is 1. The molecule has 0 unspecified atom stereocenters. The number of halogens is 2. The van der Waals surface area contributed by atoms with Gasteiger partial charge in [-0.15, -0.1) is 0 Å². The van der Waals surface area contributed by atoms with E-state index < -0.39 is 0 Å². The Labute approximate surface area is 164 Å². The molecule has 0 aliphatic heterocycles. The number of hydrogen-bond donors (Lipinski definition) is 0. The van der Waals surface area contributed by atoms with Gasteiger partial charge in [0, 0.05) is 42.7 Å². The zero-order valence-electron chi connectivity index (χ0n) is 14.8. The highest BCUT2D eigenvalue weighted by atomic mass is 79.9. The van der Waals surface area contributed by atoms with Crippen molar-refractivity contribution < 1.29 is 9.47 Å². The van der Waals surface area contributed by atoms with Crippen LogP contribution < -0.4 is 4.90 Å². The number of aryl methyl sites for hydroxylation is 1. The van der Waals surface area contributed by atoms with E-state index >= 15 is 0 Å². The van der Waals surface area contributed by atoms with Gasteiger partial charge in [-0.2, -0.15) is 0 Å². The first-order valence-electron chi connectivity index (χ1n) is 8.87. The molecule has 5 heteroatoms. The van der Waals surface area contributed by atoms with E-state index in [9.17, 15) is 0 Å². The van der Waals surface area contributed by atoms with Crippen LogP contribution >= 0.6 is 31.9 Å². The van der Waals surface area contributed by atoms with Crippen LogP contribution in [-0.4, -0.2) is 50.2 Å². The Hall–Kier alpha value is -0.100. The van der Waals surface area contributed by atoms with E-state index in [4.69, 9.17) is 9.47 Å². The number of alkyl halides is 2. The molecule has 0 aliphatic carbocycles. The van der Waals surface area contributed by atoms with Gasteiger partial charge in [0.2, 0.25) is 0 Å². The molecule has 1 aromatic rings. The Balaban J connectivity index is 2.36. The number of rotatable bonds is 15. The van der Waals surface area contributed by atoms with E-state index in [0.717, 1.165) is 63.0 Å². The van der Waals surface area contributed by atoms with Crippen molar-refractivity contribution in [3.8, 4) is 0 Å². The summed E-state index contributed by atoms with van der Waals surface area (Å²) in [6, 6.07) is 8.65. The van der Waals surface area contributed by atoms with Crippen molar-refractivity contribution in [2.24, 2.45) is 0 Å². The lowest BCUT2D eigenvalue weighted by atomic mass is 10.2. The Morgan fingerprint density at radius 3 is 1.92 bits per heavy atom. The summed E-state index contributed by atoms with van der Waals surface area (Å²) in [6.45, 7) is 7.16. The maximum atomic E-state index is 5.77. The fourth-order valence-electron chi connectivity index (χ4n) is 2.35. The van der Waals surface area contributed by atoms with Crippen molar-refractivity contribution >= 4 is 37.5 Å². The first-order valence-corrected chi connectivity index (χ1v) is 11.1. The zero-order chi connectivity index (χ0) is 17.5. The molecule has 1 rings (SSSR count). The Morgan fingerprint density at radius 1 is 0.833 bits per heavy atom. The first-order chi connectivity index (χ1) is 11.8. The van der Waals surface area contributed by atoms with Crippen LogP contribution in [0.5, 0.6) is 0 Å². The maximum Gasteiger partial charge on any atom is 0.0641 e.